The summed E-state index contributed by atoms with van der Waals surface area (Å²) in [5.74, 6) is -1.20. The lowest BCUT2D eigenvalue weighted by molar-refractivity contribution is 0.0755. The number of ether oxygens (including phenoxy) is 2. The largest absolute Gasteiger partial charge is 0.543 e. The summed E-state index contributed by atoms with van der Waals surface area (Å²) in [5.41, 5.74) is 3.99. The number of sulfonamides is 2. The normalized spacial score (nSPS) is 13.6. The number of anilines is 2. The highest BCUT2D eigenvalue weighted by molar-refractivity contribution is 7.92. The van der Waals surface area contributed by atoms with Crippen molar-refractivity contribution in [1.82, 2.24) is 19.8 Å². The summed E-state index contributed by atoms with van der Waals surface area (Å²) < 4.78 is 98.5. The third kappa shape index (κ3) is 10.7. The van der Waals surface area contributed by atoms with E-state index in [1.54, 1.807) is 48.5 Å². The molecule has 76 heavy (non-hydrogen) atoms. The lowest BCUT2D eigenvalue weighted by atomic mass is 10.0. The van der Waals surface area contributed by atoms with E-state index in [2.05, 4.69) is 43.8 Å². The number of halogens is 2. The number of methoxy groups -OCH3 is 1. The van der Waals surface area contributed by atoms with E-state index in [1.165, 1.54) is 53.8 Å². The Morgan fingerprint density at radius 3 is 1.75 bits per heavy atom. The highest BCUT2D eigenvalue weighted by Crippen LogP contribution is 2.48. The third-order valence-electron chi connectivity index (χ3n) is 14.0. The Balaban J connectivity index is 0.000000220. The number of phenols is 2. The quantitative estimate of drug-likeness (QED) is 0.0975. The topological polar surface area (TPSA) is 209 Å². The number of carbonyl (C=O) groups excluding carboxylic acids is 2. The van der Waals surface area contributed by atoms with E-state index in [9.17, 15) is 45.4 Å². The van der Waals surface area contributed by atoms with Crippen LogP contribution in [0.1, 0.15) is 69.3 Å². The van der Waals surface area contributed by atoms with Gasteiger partial charge in [0.2, 0.25) is 28.4 Å². The molecule has 4 heterocycles. The van der Waals surface area contributed by atoms with Crippen molar-refractivity contribution in [2.45, 2.75) is 71.7 Å². The smallest absolute Gasteiger partial charge is 0.258 e. The van der Waals surface area contributed by atoms with Gasteiger partial charge in [-0.3, -0.25) is 28.2 Å². The molecule has 5 aromatic carbocycles. The molecule has 7 aromatic rings. The van der Waals surface area contributed by atoms with Crippen LogP contribution in [0.25, 0.3) is 21.8 Å². The van der Waals surface area contributed by atoms with Crippen molar-refractivity contribution in [2.75, 3.05) is 42.3 Å². The summed E-state index contributed by atoms with van der Waals surface area (Å²) in [6.07, 6.45) is 5.18. The van der Waals surface area contributed by atoms with Crippen LogP contribution in [0.5, 0.6) is 28.7 Å². The van der Waals surface area contributed by atoms with Gasteiger partial charge in [-0.05, 0) is 72.2 Å². The summed E-state index contributed by atoms with van der Waals surface area (Å²) in [7, 11) is -5.32. The predicted molar refractivity (Wildman–Crippen MR) is 288 cm³/mol. The van der Waals surface area contributed by atoms with Crippen LogP contribution in [0.3, 0.4) is 0 Å². The first-order valence-electron chi connectivity index (χ1n) is 23.8. The van der Waals surface area contributed by atoms with Crippen molar-refractivity contribution in [3.8, 4) is 28.7 Å². The number of rotatable bonds is 14. The number of phenolic OH excluding ortho intramolecular Hbond substituents is 2. The molecule has 0 atom stereocenters. The maximum Gasteiger partial charge on any atom is 0.258 e. The minimum atomic E-state index is -3.72. The van der Waals surface area contributed by atoms with E-state index in [0.29, 0.717) is 55.7 Å². The summed E-state index contributed by atoms with van der Waals surface area (Å²) in [6.45, 7) is 10.8. The zero-order valence-corrected chi connectivity index (χ0v) is 46.2. The zero-order valence-electron chi connectivity index (χ0n) is 43.6. The van der Waals surface area contributed by atoms with Crippen LogP contribution < -0.4 is 22.5 Å². The zero-order chi connectivity index (χ0) is 55.4. The lowest BCUT2D eigenvalue weighted by Crippen LogP contribution is -2.44. The number of aromatic hydroxyl groups is 2. The number of benzene rings is 5. The maximum atomic E-state index is 14.5. The lowest BCUT2D eigenvalue weighted by Gasteiger charge is -2.37. The highest BCUT2D eigenvalue weighted by atomic mass is 32.2. The van der Waals surface area contributed by atoms with E-state index < -0.39 is 45.9 Å². The first-order valence-corrected chi connectivity index (χ1v) is 30.4. The number of hydrogen-bond donors (Lipinski definition) is 2. The molecule has 2 amide bonds. The second-order valence-electron chi connectivity index (χ2n) is 20.2. The van der Waals surface area contributed by atoms with Gasteiger partial charge in [-0.15, -0.1) is 0 Å². The molecular weight excluding hydrogens is 1040 g/mol. The minimum Gasteiger partial charge on any atom is -0.543 e. The Labute approximate surface area is 441 Å². The molecule has 2 aliphatic heterocycles. The second kappa shape index (κ2) is 20.5. The molecule has 400 valence electrons. The van der Waals surface area contributed by atoms with E-state index >= 15 is 0 Å². The van der Waals surface area contributed by atoms with E-state index in [-0.39, 0.29) is 83.3 Å². The first kappa shape index (κ1) is 54.7. The number of amides is 2. The molecule has 0 saturated heterocycles. The van der Waals surface area contributed by atoms with Crippen LogP contribution in [-0.4, -0.2) is 101 Å². The number of pyridine rings is 2. The van der Waals surface area contributed by atoms with E-state index in [0.717, 1.165) is 28.4 Å². The van der Waals surface area contributed by atoms with Crippen LogP contribution in [0.4, 0.5) is 20.2 Å². The average molecular weight is 1100 g/mol. The van der Waals surface area contributed by atoms with Gasteiger partial charge in [0.05, 0.1) is 42.1 Å². The monoisotopic (exact) mass is 1100 g/mol. The van der Waals surface area contributed by atoms with Gasteiger partial charge < -0.3 is 33.9 Å². The molecule has 2 N–H and O–H groups in total. The van der Waals surface area contributed by atoms with Gasteiger partial charge in [-0.1, -0.05) is 45.0 Å². The molecule has 22 heteroatoms. The molecule has 0 radical (unpaired) electrons. The van der Waals surface area contributed by atoms with Crippen molar-refractivity contribution in [3.05, 3.63) is 148 Å². The van der Waals surface area contributed by atoms with Gasteiger partial charge in [-0.2, -0.15) is 0 Å². The van der Waals surface area contributed by atoms with Crippen molar-refractivity contribution in [1.29, 1.82) is 0 Å². The molecular formula is C54H58F2N6O11S2Si. The molecule has 0 bridgehead atoms. The van der Waals surface area contributed by atoms with Crippen LogP contribution in [0.2, 0.25) is 18.1 Å². The van der Waals surface area contributed by atoms with Gasteiger partial charge >= 0.3 is 0 Å². The number of fused-ring (bicyclic) bond motifs is 4. The molecule has 0 aliphatic carbocycles. The van der Waals surface area contributed by atoms with Crippen molar-refractivity contribution < 1.29 is 59.3 Å². The molecule has 0 saturated carbocycles. The first-order chi connectivity index (χ1) is 35.6. The number of nitrogens with zero attached hydrogens (tertiary/aromatic N) is 6. The predicted octanol–water partition coefficient (Wildman–Crippen LogP) is 9.23. The Bertz CT molecular complexity index is 3690. The second-order valence-corrected chi connectivity index (χ2v) is 28.9. The Hall–Kier alpha value is -7.56. The fraction of sp³-hybridized carbons (Fsp3) is 0.296. The summed E-state index contributed by atoms with van der Waals surface area (Å²) in [6, 6.07) is 21.9. The van der Waals surface area contributed by atoms with Gasteiger partial charge in [0.1, 0.15) is 46.5 Å². The minimum absolute atomic E-state index is 0.00142. The van der Waals surface area contributed by atoms with Gasteiger partial charge in [0.15, 0.2) is 11.5 Å². The Morgan fingerprint density at radius 1 is 0.711 bits per heavy atom. The van der Waals surface area contributed by atoms with Gasteiger partial charge in [0.25, 0.3) is 11.8 Å². The molecule has 0 spiro atoms. The molecule has 2 aliphatic rings. The van der Waals surface area contributed by atoms with Gasteiger partial charge in [-0.25, -0.2) is 25.6 Å². The number of carbonyl (C=O) groups is 2. The average Bonchev–Trinajstić information content (AvgIpc) is 3.85. The van der Waals surface area contributed by atoms with Crippen LogP contribution in [-0.2, 0) is 52.8 Å². The molecule has 0 fully saturated rings. The van der Waals surface area contributed by atoms with Crippen molar-refractivity contribution in [3.63, 3.8) is 0 Å². The SMILES string of the molecule is CN(c1c2c(c(O)c3ncccc13)C(=O)N(Cc1ccc(F)cc1O)C2)S(C)(=O)=O.COc1ccc(COc2c3c(c(N(C)S(C)(=O)=O)c4cccnc24)CN(Cc2ccc(F)cc2O[Si](C)(C)C(C)(C)C)C3=O)cc1. The third-order valence-corrected chi connectivity index (χ3v) is 20.7. The van der Waals surface area contributed by atoms with Crippen LogP contribution >= 0.6 is 0 Å². The molecule has 0 unspecified atom stereocenters. The summed E-state index contributed by atoms with van der Waals surface area (Å²) >= 11 is 0. The van der Waals surface area contributed by atoms with E-state index in [4.69, 9.17) is 13.9 Å². The van der Waals surface area contributed by atoms with Crippen LogP contribution in [0, 0.1) is 11.6 Å². The van der Waals surface area contributed by atoms with Crippen molar-refractivity contribution in [2.24, 2.45) is 0 Å². The summed E-state index contributed by atoms with van der Waals surface area (Å²) in [4.78, 5) is 39.1. The Kier molecular flexibility index (Phi) is 14.8. The van der Waals surface area contributed by atoms with Crippen LogP contribution in [0.15, 0.2) is 97.3 Å². The maximum absolute atomic E-state index is 14.5. The molecule has 2 aromatic heterocycles. The number of hydrogen-bond acceptors (Lipinski definition) is 13. The van der Waals surface area contributed by atoms with E-state index in [1.807, 2.05) is 24.3 Å². The molecule has 17 nitrogen and oxygen atoms in total. The standard InChI is InChI=1S/C34H40FN3O6SSi.C20H18FN3O5S/c1-34(2,3)46(7,8)44-28-18-24(35)14-13-23(28)19-38-20-27-29(33(38)39)32(43-21-22-11-15-25(42-5)16-12-22)30-26(10-9-17-36-30)31(27)37(4)45(6,40)41;1-23(30(2,28)29)18-13-4-3-7-22-17(13)19(26)16-14(18)10-24(20(16)27)9-11-5-6-12(21)8-15(11)25/h9-18H,19-21H2,1-8H3;3-8,25-26H,9-10H2,1-2H3. The fourth-order valence-electron chi connectivity index (χ4n) is 8.84. The Morgan fingerprint density at radius 2 is 1.21 bits per heavy atom. The van der Waals surface area contributed by atoms with Crippen molar-refractivity contribution >= 4 is 73.4 Å². The highest BCUT2D eigenvalue weighted by Gasteiger charge is 2.42. The summed E-state index contributed by atoms with van der Waals surface area (Å²) in [5, 5.41) is 21.5. The molecule has 9 rings (SSSR count). The number of aromatic nitrogens is 2. The fourth-order valence-corrected chi connectivity index (χ4v) is 11.0. The van der Waals surface area contributed by atoms with Gasteiger partial charge in [0, 0.05) is 97.8 Å².